The molecule has 3 rings (SSSR count). The number of rotatable bonds is 5. The zero-order chi connectivity index (χ0) is 16.1. The normalized spacial score (nSPS) is 18.3. The Balaban J connectivity index is 1.79. The Morgan fingerprint density at radius 1 is 1.26 bits per heavy atom. The molecule has 1 atom stereocenters. The molecule has 1 amide bonds. The molecule has 122 valence electrons. The van der Waals surface area contributed by atoms with Gasteiger partial charge in [0.2, 0.25) is 0 Å². The fourth-order valence-electron chi connectivity index (χ4n) is 3.09. The number of ether oxygens (including phenoxy) is 1. The van der Waals surface area contributed by atoms with Gasteiger partial charge in [-0.15, -0.1) is 0 Å². The summed E-state index contributed by atoms with van der Waals surface area (Å²) in [6.45, 7) is 1.51. The molecule has 0 unspecified atom stereocenters. The fourth-order valence-corrected chi connectivity index (χ4v) is 3.73. The van der Waals surface area contributed by atoms with E-state index in [1.165, 1.54) is 11.3 Å². The van der Waals surface area contributed by atoms with Gasteiger partial charge in [0.05, 0.1) is 6.54 Å². The van der Waals surface area contributed by atoms with E-state index in [9.17, 15) is 9.90 Å². The zero-order valence-electron chi connectivity index (χ0n) is 12.9. The van der Waals surface area contributed by atoms with Crippen molar-refractivity contribution < 1.29 is 14.6 Å². The minimum absolute atomic E-state index is 0.0708. The summed E-state index contributed by atoms with van der Waals surface area (Å²) in [5, 5.41) is 18.0. The standard InChI is InChI=1S/C18H21NO3S/c20-17(14-8-11-23-12-14)19-13-18(21,15-4-2-1-3-5-15)16-6-9-22-10-7-16/h1-5,8,11-12,16,21H,6-7,9-10,13H2,(H,19,20)/t18-/m0/s1. The lowest BCUT2D eigenvalue weighted by molar-refractivity contribution is -0.0680. The maximum absolute atomic E-state index is 12.2. The van der Waals surface area contributed by atoms with Gasteiger partial charge in [-0.3, -0.25) is 4.79 Å². The molecule has 0 bridgehead atoms. The predicted octanol–water partition coefficient (Wildman–Crippen LogP) is 2.79. The van der Waals surface area contributed by atoms with Gasteiger partial charge in [0, 0.05) is 24.2 Å². The summed E-state index contributed by atoms with van der Waals surface area (Å²) in [5.41, 5.74) is 0.409. The van der Waals surface area contributed by atoms with Crippen molar-refractivity contribution in [2.75, 3.05) is 19.8 Å². The number of aliphatic hydroxyl groups is 1. The molecule has 0 aliphatic carbocycles. The Kier molecular flexibility index (Phi) is 5.10. The minimum atomic E-state index is -1.07. The van der Waals surface area contributed by atoms with Gasteiger partial charge in [-0.2, -0.15) is 11.3 Å². The molecule has 1 aliphatic heterocycles. The van der Waals surface area contributed by atoms with E-state index >= 15 is 0 Å². The van der Waals surface area contributed by atoms with Gasteiger partial charge in [-0.05, 0) is 35.8 Å². The van der Waals surface area contributed by atoms with Crippen LogP contribution in [0.1, 0.15) is 28.8 Å². The lowest BCUT2D eigenvalue weighted by atomic mass is 9.77. The SMILES string of the molecule is O=C(NC[C@](O)(c1ccccc1)C1CCOCC1)c1ccsc1. The zero-order valence-corrected chi connectivity index (χ0v) is 13.7. The van der Waals surface area contributed by atoms with Gasteiger partial charge in [0.15, 0.2) is 0 Å². The van der Waals surface area contributed by atoms with Gasteiger partial charge in [-0.1, -0.05) is 30.3 Å². The molecule has 1 saturated heterocycles. The third-order valence-corrected chi connectivity index (χ3v) is 5.16. The lowest BCUT2D eigenvalue weighted by Crippen LogP contribution is -2.47. The molecule has 0 spiro atoms. The smallest absolute Gasteiger partial charge is 0.252 e. The Morgan fingerprint density at radius 2 is 2.00 bits per heavy atom. The van der Waals surface area contributed by atoms with E-state index in [0.717, 1.165) is 18.4 Å². The fraction of sp³-hybridized carbons (Fsp3) is 0.389. The summed E-state index contributed by atoms with van der Waals surface area (Å²) < 4.78 is 5.42. The van der Waals surface area contributed by atoms with Crippen LogP contribution in [0, 0.1) is 5.92 Å². The third-order valence-electron chi connectivity index (χ3n) is 4.47. The summed E-state index contributed by atoms with van der Waals surface area (Å²) in [4.78, 5) is 12.2. The van der Waals surface area contributed by atoms with Crippen LogP contribution in [0.25, 0.3) is 0 Å². The van der Waals surface area contributed by atoms with E-state index in [4.69, 9.17) is 4.74 Å². The first-order valence-corrected chi connectivity index (χ1v) is 8.80. The molecular weight excluding hydrogens is 310 g/mol. The first kappa shape index (κ1) is 16.2. The van der Waals surface area contributed by atoms with Crippen LogP contribution in [0.5, 0.6) is 0 Å². The van der Waals surface area contributed by atoms with Crippen molar-refractivity contribution in [3.05, 3.63) is 58.3 Å². The van der Waals surface area contributed by atoms with Crippen LogP contribution >= 0.6 is 11.3 Å². The summed E-state index contributed by atoms with van der Waals surface area (Å²) in [5.74, 6) is -0.0749. The van der Waals surface area contributed by atoms with Crippen molar-refractivity contribution in [1.82, 2.24) is 5.32 Å². The maximum Gasteiger partial charge on any atom is 0.252 e. The number of thiophene rings is 1. The Hall–Kier alpha value is -1.69. The molecular formula is C18H21NO3S. The number of carbonyl (C=O) groups is 1. The third kappa shape index (κ3) is 3.63. The van der Waals surface area contributed by atoms with E-state index in [2.05, 4.69) is 5.32 Å². The molecule has 23 heavy (non-hydrogen) atoms. The molecule has 2 heterocycles. The average Bonchev–Trinajstić information content (AvgIpc) is 3.16. The number of amides is 1. The average molecular weight is 331 g/mol. The Labute approximate surface area is 140 Å². The Bertz CT molecular complexity index is 623. The van der Waals surface area contributed by atoms with Crippen LogP contribution in [0.3, 0.4) is 0 Å². The van der Waals surface area contributed by atoms with Gasteiger partial charge in [0.25, 0.3) is 5.91 Å². The molecule has 0 radical (unpaired) electrons. The predicted molar refractivity (Wildman–Crippen MR) is 90.5 cm³/mol. The van der Waals surface area contributed by atoms with Crippen molar-refractivity contribution in [3.63, 3.8) is 0 Å². The molecule has 1 fully saturated rings. The van der Waals surface area contributed by atoms with Crippen molar-refractivity contribution in [3.8, 4) is 0 Å². The summed E-state index contributed by atoms with van der Waals surface area (Å²) in [6, 6.07) is 11.4. The molecule has 1 aromatic heterocycles. The van der Waals surface area contributed by atoms with Crippen molar-refractivity contribution in [2.45, 2.75) is 18.4 Å². The van der Waals surface area contributed by atoms with Crippen molar-refractivity contribution in [2.24, 2.45) is 5.92 Å². The summed E-state index contributed by atoms with van der Waals surface area (Å²) >= 11 is 1.49. The highest BCUT2D eigenvalue weighted by Gasteiger charge is 2.39. The highest BCUT2D eigenvalue weighted by atomic mass is 32.1. The van der Waals surface area contributed by atoms with Gasteiger partial charge in [-0.25, -0.2) is 0 Å². The van der Waals surface area contributed by atoms with E-state index in [0.29, 0.717) is 18.8 Å². The molecule has 2 aromatic rings. The number of carbonyl (C=O) groups excluding carboxylic acids is 1. The number of benzene rings is 1. The monoisotopic (exact) mass is 331 g/mol. The van der Waals surface area contributed by atoms with Crippen LogP contribution in [0.2, 0.25) is 0 Å². The molecule has 5 heteroatoms. The second-order valence-corrected chi connectivity index (χ2v) is 6.65. The first-order valence-electron chi connectivity index (χ1n) is 7.86. The van der Waals surface area contributed by atoms with Crippen LogP contribution in [-0.2, 0) is 10.3 Å². The summed E-state index contributed by atoms with van der Waals surface area (Å²) in [6.07, 6.45) is 1.58. The van der Waals surface area contributed by atoms with E-state index in [1.807, 2.05) is 41.1 Å². The van der Waals surface area contributed by atoms with Crippen molar-refractivity contribution >= 4 is 17.2 Å². The van der Waals surface area contributed by atoms with Gasteiger partial charge >= 0.3 is 0 Å². The number of nitrogens with one attached hydrogen (secondary N) is 1. The molecule has 1 aromatic carbocycles. The van der Waals surface area contributed by atoms with Crippen LogP contribution in [-0.4, -0.2) is 30.8 Å². The van der Waals surface area contributed by atoms with Gasteiger partial charge < -0.3 is 15.2 Å². The highest BCUT2D eigenvalue weighted by molar-refractivity contribution is 7.08. The van der Waals surface area contributed by atoms with E-state index in [1.54, 1.807) is 6.07 Å². The quantitative estimate of drug-likeness (QED) is 0.886. The van der Waals surface area contributed by atoms with E-state index in [-0.39, 0.29) is 18.4 Å². The molecule has 4 nitrogen and oxygen atoms in total. The molecule has 0 saturated carbocycles. The minimum Gasteiger partial charge on any atom is -0.383 e. The largest absolute Gasteiger partial charge is 0.383 e. The topological polar surface area (TPSA) is 58.6 Å². The number of hydrogen-bond acceptors (Lipinski definition) is 4. The maximum atomic E-state index is 12.2. The number of hydrogen-bond donors (Lipinski definition) is 2. The van der Waals surface area contributed by atoms with Crippen LogP contribution in [0.4, 0.5) is 0 Å². The van der Waals surface area contributed by atoms with Gasteiger partial charge in [0.1, 0.15) is 5.60 Å². The highest BCUT2D eigenvalue weighted by Crippen LogP contribution is 2.35. The van der Waals surface area contributed by atoms with Crippen molar-refractivity contribution in [1.29, 1.82) is 0 Å². The van der Waals surface area contributed by atoms with Crippen LogP contribution < -0.4 is 5.32 Å². The molecule has 1 aliphatic rings. The van der Waals surface area contributed by atoms with Crippen LogP contribution in [0.15, 0.2) is 47.2 Å². The summed E-state index contributed by atoms with van der Waals surface area (Å²) in [7, 11) is 0. The Morgan fingerprint density at radius 3 is 2.65 bits per heavy atom. The first-order chi connectivity index (χ1) is 11.2. The lowest BCUT2D eigenvalue weighted by Gasteiger charge is -2.39. The second-order valence-electron chi connectivity index (χ2n) is 5.87. The second kappa shape index (κ2) is 7.25. The molecule has 2 N–H and O–H groups in total. The van der Waals surface area contributed by atoms with E-state index < -0.39 is 5.60 Å².